The zero-order valence-corrected chi connectivity index (χ0v) is 9.70. The van der Waals surface area contributed by atoms with Crippen LogP contribution in [-0.2, 0) is 0 Å². The van der Waals surface area contributed by atoms with Crippen molar-refractivity contribution in [1.82, 2.24) is 4.98 Å². The molecule has 1 aromatic heterocycles. The van der Waals surface area contributed by atoms with Gasteiger partial charge in [0.05, 0.1) is 23.7 Å². The number of anilines is 1. The molecule has 0 saturated heterocycles. The van der Waals surface area contributed by atoms with Crippen LogP contribution in [0.25, 0.3) is 0 Å². The summed E-state index contributed by atoms with van der Waals surface area (Å²) < 4.78 is 36.5. The van der Waals surface area contributed by atoms with Crippen LogP contribution in [0.1, 0.15) is 25.1 Å². The number of aliphatic hydroxyl groups is 1. The van der Waals surface area contributed by atoms with Crippen molar-refractivity contribution >= 4 is 5.69 Å². The van der Waals surface area contributed by atoms with Gasteiger partial charge < -0.3 is 10.0 Å². The van der Waals surface area contributed by atoms with E-state index in [9.17, 15) is 18.3 Å². The van der Waals surface area contributed by atoms with Gasteiger partial charge in [0.1, 0.15) is 6.54 Å². The van der Waals surface area contributed by atoms with Gasteiger partial charge in [0, 0.05) is 7.05 Å². The van der Waals surface area contributed by atoms with Crippen LogP contribution in [0.4, 0.5) is 18.9 Å². The molecule has 0 aromatic carbocycles. The number of nitrogens with zero attached hydrogens (tertiary/aromatic N) is 2. The number of pyridine rings is 1. The Morgan fingerprint density at radius 2 is 2.06 bits per heavy atom. The minimum Gasteiger partial charge on any atom is -0.387 e. The van der Waals surface area contributed by atoms with Gasteiger partial charge in [-0.05, 0) is 18.6 Å². The highest BCUT2D eigenvalue weighted by molar-refractivity contribution is 5.44. The molecule has 1 heterocycles. The molecule has 6 heteroatoms. The first kappa shape index (κ1) is 13.8. The molecular formula is C11H15F3N2O. The molecule has 0 aliphatic rings. The van der Waals surface area contributed by atoms with Crippen LogP contribution in [0.15, 0.2) is 18.3 Å². The summed E-state index contributed by atoms with van der Waals surface area (Å²) in [5.41, 5.74) is 0.839. The summed E-state index contributed by atoms with van der Waals surface area (Å²) in [6.07, 6.45) is -3.06. The minimum absolute atomic E-state index is 0.370. The molecule has 1 atom stereocenters. The van der Waals surface area contributed by atoms with E-state index in [1.54, 1.807) is 6.92 Å². The van der Waals surface area contributed by atoms with Crippen molar-refractivity contribution in [2.45, 2.75) is 25.6 Å². The third-order valence-corrected chi connectivity index (χ3v) is 2.36. The summed E-state index contributed by atoms with van der Waals surface area (Å²) in [6.45, 7) is 0.778. The van der Waals surface area contributed by atoms with Crippen LogP contribution in [0.3, 0.4) is 0 Å². The van der Waals surface area contributed by atoms with E-state index in [2.05, 4.69) is 4.98 Å². The van der Waals surface area contributed by atoms with Crippen LogP contribution in [0.5, 0.6) is 0 Å². The predicted octanol–water partition coefficient (Wildman–Crippen LogP) is 2.52. The smallest absolute Gasteiger partial charge is 0.387 e. The lowest BCUT2D eigenvalue weighted by Crippen LogP contribution is -2.30. The molecule has 96 valence electrons. The number of hydrogen-bond donors (Lipinski definition) is 1. The van der Waals surface area contributed by atoms with Crippen molar-refractivity contribution in [2.75, 3.05) is 18.5 Å². The van der Waals surface area contributed by atoms with Gasteiger partial charge in [-0.3, -0.25) is 4.98 Å². The van der Waals surface area contributed by atoms with Crippen molar-refractivity contribution in [3.05, 3.63) is 24.0 Å². The van der Waals surface area contributed by atoms with E-state index in [0.717, 1.165) is 4.90 Å². The first-order valence-corrected chi connectivity index (χ1v) is 5.25. The molecule has 0 aliphatic heterocycles. The summed E-state index contributed by atoms with van der Waals surface area (Å²) in [7, 11) is 1.35. The van der Waals surface area contributed by atoms with E-state index < -0.39 is 18.8 Å². The second-order valence-corrected chi connectivity index (χ2v) is 3.84. The molecule has 1 N–H and O–H groups in total. The summed E-state index contributed by atoms with van der Waals surface area (Å²) in [5, 5.41) is 9.49. The van der Waals surface area contributed by atoms with Crippen LogP contribution < -0.4 is 4.90 Å². The predicted molar refractivity (Wildman–Crippen MR) is 58.8 cm³/mol. The highest BCUT2D eigenvalue weighted by Crippen LogP contribution is 2.21. The molecule has 0 amide bonds. The maximum Gasteiger partial charge on any atom is 0.405 e. The Morgan fingerprint density at radius 3 is 2.47 bits per heavy atom. The van der Waals surface area contributed by atoms with Crippen molar-refractivity contribution in [3.63, 3.8) is 0 Å². The van der Waals surface area contributed by atoms with Crippen LogP contribution in [0, 0.1) is 0 Å². The Morgan fingerprint density at radius 1 is 1.41 bits per heavy atom. The lowest BCUT2D eigenvalue weighted by Gasteiger charge is -2.20. The van der Waals surface area contributed by atoms with E-state index >= 15 is 0 Å². The van der Waals surface area contributed by atoms with Gasteiger partial charge in [-0.25, -0.2) is 0 Å². The topological polar surface area (TPSA) is 36.4 Å². The van der Waals surface area contributed by atoms with Gasteiger partial charge in [-0.1, -0.05) is 6.92 Å². The lowest BCUT2D eigenvalue weighted by molar-refractivity contribution is -0.119. The molecule has 0 aliphatic carbocycles. The average molecular weight is 248 g/mol. The molecule has 3 nitrogen and oxygen atoms in total. The van der Waals surface area contributed by atoms with E-state index in [-0.39, 0.29) is 0 Å². The number of hydrogen-bond acceptors (Lipinski definition) is 3. The second kappa shape index (κ2) is 5.35. The van der Waals surface area contributed by atoms with Crippen molar-refractivity contribution in [3.8, 4) is 0 Å². The average Bonchev–Trinajstić information content (AvgIpc) is 2.26. The maximum absolute atomic E-state index is 12.2. The quantitative estimate of drug-likeness (QED) is 0.889. The molecule has 0 spiro atoms. The monoisotopic (exact) mass is 248 g/mol. The SMILES string of the molecule is CC[C@@H](O)c1ccc(N(C)CC(F)(F)F)cn1. The standard InChI is InChI=1S/C11H15F3N2O/c1-3-10(17)9-5-4-8(6-15-9)16(2)7-11(12,13)14/h4-6,10,17H,3,7H2,1-2H3/t10-/m1/s1. The molecule has 0 bridgehead atoms. The second-order valence-electron chi connectivity index (χ2n) is 3.84. The van der Waals surface area contributed by atoms with Crippen molar-refractivity contribution < 1.29 is 18.3 Å². The third kappa shape index (κ3) is 4.22. The maximum atomic E-state index is 12.2. The fourth-order valence-electron chi connectivity index (χ4n) is 1.39. The highest BCUT2D eigenvalue weighted by atomic mass is 19.4. The van der Waals surface area contributed by atoms with Gasteiger partial charge >= 0.3 is 6.18 Å². The summed E-state index contributed by atoms with van der Waals surface area (Å²) in [4.78, 5) is 5.01. The Kier molecular flexibility index (Phi) is 4.34. The summed E-state index contributed by atoms with van der Waals surface area (Å²) in [5.74, 6) is 0. The van der Waals surface area contributed by atoms with Gasteiger partial charge in [0.25, 0.3) is 0 Å². The molecule has 1 rings (SSSR count). The Labute approximate surface area is 97.9 Å². The van der Waals surface area contributed by atoms with Crippen LogP contribution in [-0.4, -0.2) is 29.9 Å². The minimum atomic E-state index is -4.24. The zero-order chi connectivity index (χ0) is 13.1. The molecule has 0 radical (unpaired) electrons. The molecule has 0 unspecified atom stereocenters. The Hall–Kier alpha value is -1.30. The molecular weight excluding hydrogens is 233 g/mol. The van der Waals surface area contributed by atoms with E-state index in [1.165, 1.54) is 25.4 Å². The molecule has 1 aromatic rings. The zero-order valence-electron chi connectivity index (χ0n) is 9.70. The van der Waals surface area contributed by atoms with Crippen molar-refractivity contribution in [1.29, 1.82) is 0 Å². The first-order valence-electron chi connectivity index (χ1n) is 5.25. The number of alkyl halides is 3. The highest BCUT2D eigenvalue weighted by Gasteiger charge is 2.29. The van der Waals surface area contributed by atoms with Gasteiger partial charge in [-0.15, -0.1) is 0 Å². The number of aromatic nitrogens is 1. The molecule has 0 saturated carbocycles. The number of aliphatic hydroxyl groups excluding tert-OH is 1. The van der Waals surface area contributed by atoms with E-state index in [4.69, 9.17) is 0 Å². The van der Waals surface area contributed by atoms with Crippen LogP contribution in [0.2, 0.25) is 0 Å². The Bertz CT molecular complexity index is 351. The number of halogens is 3. The van der Waals surface area contributed by atoms with E-state index in [1.807, 2.05) is 0 Å². The molecule has 17 heavy (non-hydrogen) atoms. The molecule has 0 fully saturated rings. The van der Waals surface area contributed by atoms with Gasteiger partial charge in [0.2, 0.25) is 0 Å². The normalized spacial score (nSPS) is 13.5. The lowest BCUT2D eigenvalue weighted by atomic mass is 10.2. The fourth-order valence-corrected chi connectivity index (χ4v) is 1.39. The number of rotatable bonds is 4. The van der Waals surface area contributed by atoms with Gasteiger partial charge in [-0.2, -0.15) is 13.2 Å². The Balaban J connectivity index is 2.74. The first-order chi connectivity index (χ1) is 7.83. The summed E-state index contributed by atoms with van der Waals surface area (Å²) in [6, 6.07) is 3.06. The summed E-state index contributed by atoms with van der Waals surface area (Å²) >= 11 is 0. The van der Waals surface area contributed by atoms with Gasteiger partial charge in [0.15, 0.2) is 0 Å². The third-order valence-electron chi connectivity index (χ3n) is 2.36. The van der Waals surface area contributed by atoms with E-state index in [0.29, 0.717) is 17.8 Å². The fraction of sp³-hybridized carbons (Fsp3) is 0.545. The van der Waals surface area contributed by atoms with Crippen LogP contribution >= 0.6 is 0 Å². The largest absolute Gasteiger partial charge is 0.405 e. The van der Waals surface area contributed by atoms with Crippen molar-refractivity contribution in [2.24, 2.45) is 0 Å².